The van der Waals surface area contributed by atoms with Crippen LogP contribution in [-0.2, 0) is 9.47 Å². The van der Waals surface area contributed by atoms with Gasteiger partial charge in [-0.1, -0.05) is 27.2 Å². The Morgan fingerprint density at radius 1 is 1.21 bits per heavy atom. The van der Waals surface area contributed by atoms with Crippen LogP contribution in [0.25, 0.3) is 0 Å². The van der Waals surface area contributed by atoms with Gasteiger partial charge in [0.05, 0.1) is 13.2 Å². The SMILES string of the molecule is CCCC(OCC)OCC(C)(C)CO. The summed E-state index contributed by atoms with van der Waals surface area (Å²) >= 11 is 0. The van der Waals surface area contributed by atoms with E-state index in [9.17, 15) is 0 Å². The summed E-state index contributed by atoms with van der Waals surface area (Å²) in [5.41, 5.74) is -0.177. The molecule has 0 aromatic rings. The Morgan fingerprint density at radius 3 is 2.29 bits per heavy atom. The largest absolute Gasteiger partial charge is 0.396 e. The lowest BCUT2D eigenvalue weighted by Gasteiger charge is -2.25. The summed E-state index contributed by atoms with van der Waals surface area (Å²) < 4.78 is 11.0. The summed E-state index contributed by atoms with van der Waals surface area (Å²) in [7, 11) is 0. The summed E-state index contributed by atoms with van der Waals surface area (Å²) in [4.78, 5) is 0. The van der Waals surface area contributed by atoms with Gasteiger partial charge in [-0.2, -0.15) is 0 Å². The summed E-state index contributed by atoms with van der Waals surface area (Å²) in [6.45, 7) is 9.36. The lowest BCUT2D eigenvalue weighted by Crippen LogP contribution is -2.28. The molecule has 0 rings (SSSR count). The van der Waals surface area contributed by atoms with E-state index in [1.807, 2.05) is 20.8 Å². The second-order valence-corrected chi connectivity index (χ2v) is 4.31. The van der Waals surface area contributed by atoms with Gasteiger partial charge >= 0.3 is 0 Å². The van der Waals surface area contributed by atoms with Crippen molar-refractivity contribution in [2.45, 2.75) is 46.8 Å². The third-order valence-corrected chi connectivity index (χ3v) is 1.96. The highest BCUT2D eigenvalue weighted by atomic mass is 16.7. The highest BCUT2D eigenvalue weighted by Gasteiger charge is 2.19. The van der Waals surface area contributed by atoms with E-state index in [1.165, 1.54) is 0 Å². The van der Waals surface area contributed by atoms with E-state index in [0.29, 0.717) is 13.2 Å². The molecule has 0 amide bonds. The van der Waals surface area contributed by atoms with Crippen molar-refractivity contribution in [3.05, 3.63) is 0 Å². The van der Waals surface area contributed by atoms with E-state index < -0.39 is 0 Å². The molecule has 0 fully saturated rings. The van der Waals surface area contributed by atoms with Gasteiger partial charge in [0, 0.05) is 12.0 Å². The maximum absolute atomic E-state index is 9.05. The smallest absolute Gasteiger partial charge is 0.157 e. The monoisotopic (exact) mass is 204 g/mol. The Labute approximate surface area is 87.4 Å². The molecule has 0 saturated carbocycles. The van der Waals surface area contributed by atoms with Crippen LogP contribution in [0.3, 0.4) is 0 Å². The van der Waals surface area contributed by atoms with E-state index in [1.54, 1.807) is 0 Å². The summed E-state index contributed by atoms with van der Waals surface area (Å²) in [5, 5.41) is 9.05. The molecule has 0 radical (unpaired) electrons. The molecule has 86 valence electrons. The van der Waals surface area contributed by atoms with Crippen LogP contribution >= 0.6 is 0 Å². The van der Waals surface area contributed by atoms with Gasteiger partial charge in [0.15, 0.2) is 6.29 Å². The van der Waals surface area contributed by atoms with Crippen LogP contribution in [0.2, 0.25) is 0 Å². The van der Waals surface area contributed by atoms with Crippen molar-refractivity contribution in [2.24, 2.45) is 5.41 Å². The molecule has 0 spiro atoms. The van der Waals surface area contributed by atoms with Crippen LogP contribution in [-0.4, -0.2) is 31.2 Å². The van der Waals surface area contributed by atoms with Crippen molar-refractivity contribution in [1.82, 2.24) is 0 Å². The number of aliphatic hydroxyl groups excluding tert-OH is 1. The van der Waals surface area contributed by atoms with Crippen molar-refractivity contribution in [2.75, 3.05) is 19.8 Å². The van der Waals surface area contributed by atoms with E-state index in [2.05, 4.69) is 6.92 Å². The quantitative estimate of drug-likeness (QED) is 0.616. The molecule has 0 aliphatic carbocycles. The molecule has 0 heterocycles. The third-order valence-electron chi connectivity index (χ3n) is 1.96. The maximum Gasteiger partial charge on any atom is 0.157 e. The lowest BCUT2D eigenvalue weighted by molar-refractivity contribution is -0.162. The van der Waals surface area contributed by atoms with Crippen molar-refractivity contribution in [3.63, 3.8) is 0 Å². The predicted molar refractivity (Wildman–Crippen MR) is 57.1 cm³/mol. The fourth-order valence-corrected chi connectivity index (χ4v) is 1.00. The number of hydrogen-bond acceptors (Lipinski definition) is 3. The van der Waals surface area contributed by atoms with Gasteiger partial charge in [0.25, 0.3) is 0 Å². The predicted octanol–water partition coefficient (Wildman–Crippen LogP) is 2.18. The van der Waals surface area contributed by atoms with Gasteiger partial charge in [0.2, 0.25) is 0 Å². The number of ether oxygens (including phenoxy) is 2. The minimum atomic E-state index is -0.177. The zero-order valence-corrected chi connectivity index (χ0v) is 9.88. The average Bonchev–Trinajstić information content (AvgIpc) is 2.15. The molecular weight excluding hydrogens is 180 g/mol. The van der Waals surface area contributed by atoms with Gasteiger partial charge in [-0.25, -0.2) is 0 Å². The van der Waals surface area contributed by atoms with E-state index in [-0.39, 0.29) is 18.3 Å². The van der Waals surface area contributed by atoms with Crippen LogP contribution < -0.4 is 0 Å². The Bertz CT molecular complexity index is 128. The minimum absolute atomic E-state index is 0.115. The Hall–Kier alpha value is -0.120. The molecular formula is C11H24O3. The van der Waals surface area contributed by atoms with Crippen molar-refractivity contribution in [1.29, 1.82) is 0 Å². The molecule has 0 aromatic carbocycles. The van der Waals surface area contributed by atoms with Crippen molar-refractivity contribution < 1.29 is 14.6 Å². The summed E-state index contributed by atoms with van der Waals surface area (Å²) in [5.74, 6) is 0. The Kier molecular flexibility index (Phi) is 7.15. The summed E-state index contributed by atoms with van der Waals surface area (Å²) in [6, 6.07) is 0. The van der Waals surface area contributed by atoms with Crippen molar-refractivity contribution >= 4 is 0 Å². The Balaban J connectivity index is 3.80. The highest BCUT2D eigenvalue weighted by molar-refractivity contribution is 4.65. The first kappa shape index (κ1) is 13.9. The second kappa shape index (κ2) is 7.21. The van der Waals surface area contributed by atoms with Gasteiger partial charge in [-0.3, -0.25) is 0 Å². The fourth-order valence-electron chi connectivity index (χ4n) is 1.00. The molecule has 0 aliphatic heterocycles. The first-order valence-corrected chi connectivity index (χ1v) is 5.39. The molecule has 1 unspecified atom stereocenters. The topological polar surface area (TPSA) is 38.7 Å². The standard InChI is InChI=1S/C11H24O3/c1-5-7-10(13-6-2)14-9-11(3,4)8-12/h10,12H,5-9H2,1-4H3. The molecule has 1 atom stereocenters. The van der Waals surface area contributed by atoms with Crippen molar-refractivity contribution in [3.8, 4) is 0 Å². The summed E-state index contributed by atoms with van der Waals surface area (Å²) in [6.07, 6.45) is 1.84. The molecule has 0 bridgehead atoms. The van der Waals surface area contributed by atoms with Gasteiger partial charge in [-0.05, 0) is 13.3 Å². The number of rotatable bonds is 8. The van der Waals surface area contributed by atoms with Crippen LogP contribution in [0, 0.1) is 5.41 Å². The maximum atomic E-state index is 9.05. The normalized spacial score (nSPS) is 14.4. The Morgan fingerprint density at radius 2 is 1.86 bits per heavy atom. The molecule has 0 aliphatic rings. The fraction of sp³-hybridized carbons (Fsp3) is 1.00. The molecule has 14 heavy (non-hydrogen) atoms. The van der Waals surface area contributed by atoms with Crippen LogP contribution in [0.4, 0.5) is 0 Å². The molecule has 3 nitrogen and oxygen atoms in total. The first-order chi connectivity index (χ1) is 6.55. The van der Waals surface area contributed by atoms with Crippen LogP contribution in [0.15, 0.2) is 0 Å². The van der Waals surface area contributed by atoms with E-state index in [4.69, 9.17) is 14.6 Å². The van der Waals surface area contributed by atoms with Gasteiger partial charge in [0.1, 0.15) is 0 Å². The van der Waals surface area contributed by atoms with Gasteiger partial charge in [-0.15, -0.1) is 0 Å². The number of hydrogen-bond donors (Lipinski definition) is 1. The minimum Gasteiger partial charge on any atom is -0.396 e. The zero-order chi connectivity index (χ0) is 11.0. The third kappa shape index (κ3) is 6.35. The number of aliphatic hydroxyl groups is 1. The van der Waals surface area contributed by atoms with Crippen LogP contribution in [0.5, 0.6) is 0 Å². The first-order valence-electron chi connectivity index (χ1n) is 5.39. The molecule has 1 N–H and O–H groups in total. The second-order valence-electron chi connectivity index (χ2n) is 4.31. The lowest BCUT2D eigenvalue weighted by atomic mass is 9.96. The molecule has 0 aromatic heterocycles. The van der Waals surface area contributed by atoms with Gasteiger partial charge < -0.3 is 14.6 Å². The molecule has 3 heteroatoms. The van der Waals surface area contributed by atoms with E-state index >= 15 is 0 Å². The van der Waals surface area contributed by atoms with E-state index in [0.717, 1.165) is 12.8 Å². The van der Waals surface area contributed by atoms with Crippen LogP contribution in [0.1, 0.15) is 40.5 Å². The highest BCUT2D eigenvalue weighted by Crippen LogP contribution is 2.16. The molecule has 0 saturated heterocycles. The average molecular weight is 204 g/mol. The zero-order valence-electron chi connectivity index (χ0n) is 9.88.